The van der Waals surface area contributed by atoms with Crippen molar-refractivity contribution in [1.29, 1.82) is 0 Å². The van der Waals surface area contributed by atoms with Gasteiger partial charge in [0.25, 0.3) is 0 Å². The van der Waals surface area contributed by atoms with Crippen molar-refractivity contribution in [2.75, 3.05) is 0 Å². The van der Waals surface area contributed by atoms with Crippen LogP contribution in [0.3, 0.4) is 0 Å². The molecule has 1 aromatic carbocycles. The Morgan fingerprint density at radius 3 is 3.09 bits per heavy atom. The first-order chi connectivity index (χ1) is 5.36. The molecule has 0 saturated carbocycles. The van der Waals surface area contributed by atoms with E-state index in [2.05, 4.69) is 9.97 Å². The molecule has 3 heteroatoms. The minimum absolute atomic E-state index is 0.733. The van der Waals surface area contributed by atoms with Crippen molar-refractivity contribution in [2.45, 2.75) is 0 Å². The van der Waals surface area contributed by atoms with Gasteiger partial charge in [-0.1, -0.05) is 17.6 Å². The summed E-state index contributed by atoms with van der Waals surface area (Å²) in [4.78, 5) is 7.94. The van der Waals surface area contributed by atoms with Crippen LogP contribution in [-0.2, 0) is 0 Å². The fourth-order valence-corrected chi connectivity index (χ4v) is 0.991. The SMILES string of the molecule is [B]c1ccc2cncnc2c1. The van der Waals surface area contributed by atoms with Crippen LogP contribution in [-0.4, -0.2) is 17.8 Å². The monoisotopic (exact) mass is 140 g/mol. The zero-order valence-electron chi connectivity index (χ0n) is 5.86. The molecule has 0 aliphatic rings. The Balaban J connectivity index is 2.83. The summed E-state index contributed by atoms with van der Waals surface area (Å²) >= 11 is 0. The fourth-order valence-electron chi connectivity index (χ4n) is 0.991. The summed E-state index contributed by atoms with van der Waals surface area (Å²) in [7, 11) is 5.56. The topological polar surface area (TPSA) is 25.8 Å². The maximum absolute atomic E-state index is 5.56. The van der Waals surface area contributed by atoms with E-state index in [0.29, 0.717) is 0 Å². The van der Waals surface area contributed by atoms with E-state index in [1.54, 1.807) is 6.20 Å². The van der Waals surface area contributed by atoms with Gasteiger partial charge in [-0.15, -0.1) is 0 Å². The molecule has 11 heavy (non-hydrogen) atoms. The highest BCUT2D eigenvalue weighted by molar-refractivity contribution is 6.33. The summed E-state index contributed by atoms with van der Waals surface area (Å²) in [6, 6.07) is 5.58. The van der Waals surface area contributed by atoms with Gasteiger partial charge >= 0.3 is 0 Å². The first-order valence-electron chi connectivity index (χ1n) is 3.31. The van der Waals surface area contributed by atoms with E-state index in [1.165, 1.54) is 6.33 Å². The normalized spacial score (nSPS) is 10.2. The zero-order valence-corrected chi connectivity index (χ0v) is 5.86. The van der Waals surface area contributed by atoms with E-state index in [1.807, 2.05) is 18.2 Å². The van der Waals surface area contributed by atoms with Crippen LogP contribution < -0.4 is 5.46 Å². The van der Waals surface area contributed by atoms with E-state index in [4.69, 9.17) is 7.85 Å². The molecular weight excluding hydrogens is 135 g/mol. The van der Waals surface area contributed by atoms with Gasteiger partial charge in [0.2, 0.25) is 0 Å². The quantitative estimate of drug-likeness (QED) is 0.495. The molecule has 0 unspecified atom stereocenters. The lowest BCUT2D eigenvalue weighted by atomic mass is 9.95. The number of hydrogen-bond acceptors (Lipinski definition) is 2. The third-order valence-electron chi connectivity index (χ3n) is 1.53. The molecule has 0 aliphatic carbocycles. The number of fused-ring (bicyclic) bond motifs is 1. The predicted molar refractivity (Wildman–Crippen MR) is 44.9 cm³/mol. The van der Waals surface area contributed by atoms with Crippen LogP contribution in [0.2, 0.25) is 0 Å². The molecule has 0 fully saturated rings. The van der Waals surface area contributed by atoms with Crippen LogP contribution in [0, 0.1) is 0 Å². The second-order valence-electron chi connectivity index (χ2n) is 2.34. The molecule has 1 heterocycles. The first-order valence-corrected chi connectivity index (χ1v) is 3.31. The lowest BCUT2D eigenvalue weighted by molar-refractivity contribution is 1.22. The van der Waals surface area contributed by atoms with Gasteiger partial charge < -0.3 is 0 Å². The number of benzene rings is 1. The number of hydrogen-bond donors (Lipinski definition) is 0. The molecule has 0 saturated heterocycles. The Morgan fingerprint density at radius 1 is 1.27 bits per heavy atom. The summed E-state index contributed by atoms with van der Waals surface area (Å²) in [5, 5.41) is 1.02. The molecule has 2 radical (unpaired) electrons. The average Bonchev–Trinajstić information content (AvgIpc) is 2.04. The number of aromatic nitrogens is 2. The van der Waals surface area contributed by atoms with Gasteiger partial charge in [0.05, 0.1) is 5.52 Å². The minimum atomic E-state index is 0.733. The van der Waals surface area contributed by atoms with Crippen molar-refractivity contribution < 1.29 is 0 Å². The lowest BCUT2D eigenvalue weighted by Crippen LogP contribution is -2.00. The highest BCUT2D eigenvalue weighted by Crippen LogP contribution is 2.04. The molecule has 2 rings (SSSR count). The Kier molecular flexibility index (Phi) is 1.35. The second-order valence-corrected chi connectivity index (χ2v) is 2.34. The summed E-state index contributed by atoms with van der Waals surface area (Å²) < 4.78 is 0. The molecular formula is C8H5BN2. The molecule has 1 aromatic heterocycles. The van der Waals surface area contributed by atoms with Crippen LogP contribution in [0.15, 0.2) is 30.7 Å². The highest BCUT2D eigenvalue weighted by atomic mass is 14.8. The first kappa shape index (κ1) is 6.34. The summed E-state index contributed by atoms with van der Waals surface area (Å²) in [5.41, 5.74) is 1.62. The molecule has 0 spiro atoms. The van der Waals surface area contributed by atoms with Gasteiger partial charge in [-0.3, -0.25) is 0 Å². The average molecular weight is 140 g/mol. The standard InChI is InChI=1S/C8H5BN2/c9-7-2-1-6-4-10-5-11-8(6)3-7/h1-5H. The second kappa shape index (κ2) is 2.34. The van der Waals surface area contributed by atoms with Gasteiger partial charge in [-0.05, 0) is 6.07 Å². The van der Waals surface area contributed by atoms with Gasteiger partial charge in [-0.2, -0.15) is 0 Å². The van der Waals surface area contributed by atoms with Gasteiger partial charge in [-0.25, -0.2) is 9.97 Å². The molecule has 0 amide bonds. The van der Waals surface area contributed by atoms with Crippen molar-refractivity contribution in [3.8, 4) is 0 Å². The summed E-state index contributed by atoms with van der Waals surface area (Å²) in [5.74, 6) is 0. The molecule has 0 atom stereocenters. The van der Waals surface area contributed by atoms with Crippen molar-refractivity contribution in [3.63, 3.8) is 0 Å². The summed E-state index contributed by atoms with van der Waals surface area (Å²) in [6.07, 6.45) is 3.28. The Morgan fingerprint density at radius 2 is 2.18 bits per heavy atom. The largest absolute Gasteiger partial charge is 0.244 e. The Bertz CT molecular complexity index is 387. The van der Waals surface area contributed by atoms with Gasteiger partial charge in [0, 0.05) is 11.6 Å². The van der Waals surface area contributed by atoms with E-state index >= 15 is 0 Å². The van der Waals surface area contributed by atoms with Crippen LogP contribution in [0.25, 0.3) is 10.9 Å². The van der Waals surface area contributed by atoms with E-state index in [0.717, 1.165) is 16.4 Å². The molecule has 0 N–H and O–H groups in total. The minimum Gasteiger partial charge on any atom is -0.244 e. The van der Waals surface area contributed by atoms with E-state index in [9.17, 15) is 0 Å². The molecule has 2 aromatic rings. The van der Waals surface area contributed by atoms with Crippen molar-refractivity contribution in [1.82, 2.24) is 9.97 Å². The lowest BCUT2D eigenvalue weighted by Gasteiger charge is -1.95. The highest BCUT2D eigenvalue weighted by Gasteiger charge is 1.91. The number of rotatable bonds is 0. The smallest absolute Gasteiger partial charge is 0.116 e. The predicted octanol–water partition coefficient (Wildman–Crippen LogP) is 0.424. The van der Waals surface area contributed by atoms with Crippen LogP contribution >= 0.6 is 0 Å². The van der Waals surface area contributed by atoms with Gasteiger partial charge in [0.15, 0.2) is 0 Å². The zero-order chi connectivity index (χ0) is 7.68. The van der Waals surface area contributed by atoms with Gasteiger partial charge in [0.1, 0.15) is 14.2 Å². The van der Waals surface area contributed by atoms with Crippen molar-refractivity contribution in [2.24, 2.45) is 0 Å². The molecule has 0 bridgehead atoms. The van der Waals surface area contributed by atoms with Crippen LogP contribution in [0.4, 0.5) is 0 Å². The Labute approximate surface area is 65.7 Å². The van der Waals surface area contributed by atoms with Crippen molar-refractivity contribution in [3.05, 3.63) is 30.7 Å². The summed E-state index contributed by atoms with van der Waals surface area (Å²) in [6.45, 7) is 0. The molecule has 50 valence electrons. The van der Waals surface area contributed by atoms with Crippen LogP contribution in [0.5, 0.6) is 0 Å². The molecule has 2 nitrogen and oxygen atoms in total. The Hall–Kier alpha value is -1.38. The third-order valence-corrected chi connectivity index (χ3v) is 1.53. The fraction of sp³-hybridized carbons (Fsp3) is 0. The third kappa shape index (κ3) is 1.09. The maximum atomic E-state index is 5.56. The van der Waals surface area contributed by atoms with Crippen LogP contribution in [0.1, 0.15) is 0 Å². The number of nitrogens with zero attached hydrogens (tertiary/aromatic N) is 2. The molecule has 0 aliphatic heterocycles. The van der Waals surface area contributed by atoms with E-state index < -0.39 is 0 Å². The maximum Gasteiger partial charge on any atom is 0.116 e. The van der Waals surface area contributed by atoms with Crippen molar-refractivity contribution >= 4 is 24.2 Å². The van der Waals surface area contributed by atoms with E-state index in [-0.39, 0.29) is 0 Å².